The van der Waals surface area contributed by atoms with Crippen LogP contribution in [0.5, 0.6) is 0 Å². The number of hydrogen-bond donors (Lipinski definition) is 1. The first-order valence-corrected chi connectivity index (χ1v) is 11.3. The molecule has 5 nitrogen and oxygen atoms in total. The van der Waals surface area contributed by atoms with Crippen molar-refractivity contribution in [1.82, 2.24) is 4.72 Å². The van der Waals surface area contributed by atoms with Crippen LogP contribution in [-0.4, -0.2) is 107 Å². The van der Waals surface area contributed by atoms with E-state index in [4.69, 9.17) is 4.74 Å². The van der Waals surface area contributed by atoms with Gasteiger partial charge in [-0.05, 0) is 6.42 Å². The number of hydrogen-bond acceptors (Lipinski definition) is 3. The molecule has 23 heteroatoms. The van der Waals surface area contributed by atoms with Gasteiger partial charge in [0.25, 0.3) is 10.0 Å². The minimum absolute atomic E-state index is 0.0297. The molecule has 0 heterocycles. The standard InChI is InChI=1S/C16H20F17N2O3S/c1-35(2,3)6-8-38-7-4-5-34-39(36,37)16(32,33)14(27,28)12(23,24)10(19,20)9(17,18)11(21,22)13(25,26)15(29,30)31/h34H,4-8H2,1-3H3/q+1. The largest absolute Gasteiger partial charge is 0.460 e. The number of quaternary nitrogens is 1. The second-order valence-corrected chi connectivity index (χ2v) is 10.6. The second kappa shape index (κ2) is 10.8. The summed E-state index contributed by atoms with van der Waals surface area (Å²) in [5.41, 5.74) is 0. The van der Waals surface area contributed by atoms with Crippen molar-refractivity contribution in [3.63, 3.8) is 0 Å². The van der Waals surface area contributed by atoms with Gasteiger partial charge in [0.1, 0.15) is 6.54 Å². The van der Waals surface area contributed by atoms with E-state index in [0.717, 1.165) is 0 Å². The third-order valence-electron chi connectivity index (χ3n) is 4.69. The van der Waals surface area contributed by atoms with Gasteiger partial charge in [-0.1, -0.05) is 0 Å². The van der Waals surface area contributed by atoms with Gasteiger partial charge >= 0.3 is 47.0 Å². The smallest absolute Gasteiger partial charge is 0.376 e. The van der Waals surface area contributed by atoms with Gasteiger partial charge in [0.05, 0.1) is 27.7 Å². The van der Waals surface area contributed by atoms with E-state index in [1.807, 2.05) is 0 Å². The van der Waals surface area contributed by atoms with Gasteiger partial charge in [0, 0.05) is 13.2 Å². The lowest BCUT2D eigenvalue weighted by atomic mass is 9.91. The minimum Gasteiger partial charge on any atom is -0.376 e. The molecular weight excluding hydrogens is 623 g/mol. The lowest BCUT2D eigenvalue weighted by Crippen LogP contribution is -2.75. The molecule has 0 radical (unpaired) electrons. The second-order valence-electron chi connectivity index (χ2n) is 8.84. The Labute approximate surface area is 208 Å². The molecule has 0 aliphatic carbocycles. The molecule has 0 aromatic heterocycles. The maximum Gasteiger partial charge on any atom is 0.460 e. The van der Waals surface area contributed by atoms with E-state index in [9.17, 15) is 83.1 Å². The lowest BCUT2D eigenvalue weighted by molar-refractivity contribution is -0.870. The van der Waals surface area contributed by atoms with Gasteiger partial charge in [-0.2, -0.15) is 74.6 Å². The zero-order valence-corrected chi connectivity index (χ0v) is 20.4. The molecule has 0 unspecified atom stereocenters. The lowest BCUT2D eigenvalue weighted by Gasteiger charge is -2.42. The summed E-state index contributed by atoms with van der Waals surface area (Å²) in [5, 5.41) is -7.56. The minimum atomic E-state index is -8.85. The van der Waals surface area contributed by atoms with Gasteiger partial charge < -0.3 is 9.22 Å². The third-order valence-corrected chi connectivity index (χ3v) is 6.21. The number of alkyl halides is 17. The zero-order valence-electron chi connectivity index (χ0n) is 19.5. The summed E-state index contributed by atoms with van der Waals surface area (Å²) < 4.78 is 253. The molecule has 0 bridgehead atoms. The SMILES string of the molecule is C[N+](C)(C)CCOCCCNS(=O)(=O)C(F)(F)C(F)(F)C(F)(F)C(F)(F)C(F)(F)C(F)(F)C(F)(F)C(F)(F)F. The van der Waals surface area contributed by atoms with Crippen LogP contribution in [0.3, 0.4) is 0 Å². The summed E-state index contributed by atoms with van der Waals surface area (Å²) in [5.74, 6) is -51.6. The molecule has 0 fully saturated rings. The van der Waals surface area contributed by atoms with Crippen LogP contribution in [0.1, 0.15) is 6.42 Å². The Bertz CT molecular complexity index is 943. The zero-order chi connectivity index (χ0) is 31.9. The number of halogens is 17. The summed E-state index contributed by atoms with van der Waals surface area (Å²) >= 11 is 0. The first-order valence-electron chi connectivity index (χ1n) is 9.79. The summed E-state index contributed by atoms with van der Waals surface area (Å²) in [4.78, 5) is 0. The normalized spacial score (nSPS) is 16.1. The van der Waals surface area contributed by atoms with Crippen molar-refractivity contribution in [3.05, 3.63) is 0 Å². The molecule has 39 heavy (non-hydrogen) atoms. The van der Waals surface area contributed by atoms with Crippen molar-refractivity contribution in [1.29, 1.82) is 0 Å². The molecule has 0 aliphatic heterocycles. The van der Waals surface area contributed by atoms with Crippen molar-refractivity contribution in [3.8, 4) is 0 Å². The van der Waals surface area contributed by atoms with E-state index in [-0.39, 0.29) is 6.61 Å². The number of sulfonamides is 1. The van der Waals surface area contributed by atoms with Crippen LogP contribution in [0.15, 0.2) is 0 Å². The predicted octanol–water partition coefficient (Wildman–Crippen LogP) is 4.99. The third kappa shape index (κ3) is 6.44. The van der Waals surface area contributed by atoms with Crippen molar-refractivity contribution in [2.24, 2.45) is 0 Å². The molecule has 1 N–H and O–H groups in total. The average molecular weight is 643 g/mol. The molecule has 236 valence electrons. The highest BCUT2D eigenvalue weighted by Crippen LogP contribution is 2.64. The number of likely N-dealkylation sites (N-methyl/N-ethyl adjacent to an activating group) is 1. The van der Waals surface area contributed by atoms with Crippen molar-refractivity contribution < 1.29 is 92.3 Å². The van der Waals surface area contributed by atoms with E-state index >= 15 is 0 Å². The molecule has 0 saturated carbocycles. The van der Waals surface area contributed by atoms with Crippen LogP contribution in [0.25, 0.3) is 0 Å². The van der Waals surface area contributed by atoms with Crippen molar-refractivity contribution >= 4 is 10.0 Å². The Morgan fingerprint density at radius 3 is 1.31 bits per heavy atom. The van der Waals surface area contributed by atoms with Gasteiger partial charge in [-0.15, -0.1) is 0 Å². The van der Waals surface area contributed by atoms with Crippen LogP contribution in [-0.2, 0) is 14.8 Å². The Kier molecular flexibility index (Phi) is 10.4. The predicted molar refractivity (Wildman–Crippen MR) is 95.9 cm³/mol. The fraction of sp³-hybridized carbons (Fsp3) is 1.00. The Morgan fingerprint density at radius 2 is 0.949 bits per heavy atom. The van der Waals surface area contributed by atoms with Crippen LogP contribution in [0.4, 0.5) is 74.6 Å². The van der Waals surface area contributed by atoms with Crippen molar-refractivity contribution in [2.45, 2.75) is 53.4 Å². The van der Waals surface area contributed by atoms with Crippen LogP contribution in [0.2, 0.25) is 0 Å². The summed E-state index contributed by atoms with van der Waals surface area (Å²) in [6, 6.07) is 0. The molecule has 0 spiro atoms. The molecule has 0 rings (SSSR count). The number of ether oxygens (including phenoxy) is 1. The van der Waals surface area contributed by atoms with Gasteiger partial charge in [0.15, 0.2) is 0 Å². The summed E-state index contributed by atoms with van der Waals surface area (Å²) in [6.07, 6.45) is -8.54. The van der Waals surface area contributed by atoms with Gasteiger partial charge in [0.2, 0.25) is 0 Å². The Hall–Kier alpha value is -1.36. The van der Waals surface area contributed by atoms with Crippen LogP contribution < -0.4 is 4.72 Å². The monoisotopic (exact) mass is 643 g/mol. The number of rotatable bonds is 15. The molecule has 0 atom stereocenters. The van der Waals surface area contributed by atoms with E-state index in [1.165, 1.54) is 0 Å². The Balaban J connectivity index is 6.11. The fourth-order valence-corrected chi connectivity index (χ4v) is 3.29. The highest BCUT2D eigenvalue weighted by Gasteiger charge is 2.96. The fourth-order valence-electron chi connectivity index (χ4n) is 2.23. The van der Waals surface area contributed by atoms with Gasteiger partial charge in [-0.3, -0.25) is 0 Å². The van der Waals surface area contributed by atoms with Crippen LogP contribution >= 0.6 is 0 Å². The molecule has 0 aromatic rings. The van der Waals surface area contributed by atoms with E-state index in [0.29, 0.717) is 15.7 Å². The van der Waals surface area contributed by atoms with Gasteiger partial charge in [-0.25, -0.2) is 13.1 Å². The maximum absolute atomic E-state index is 13.9. The van der Waals surface area contributed by atoms with Crippen molar-refractivity contribution in [2.75, 3.05) is 47.4 Å². The number of nitrogens with zero attached hydrogens (tertiary/aromatic N) is 1. The maximum atomic E-state index is 13.9. The first-order chi connectivity index (χ1) is 16.7. The van der Waals surface area contributed by atoms with E-state index in [2.05, 4.69) is 0 Å². The van der Waals surface area contributed by atoms with E-state index < -0.39 is 76.6 Å². The summed E-state index contributed by atoms with van der Waals surface area (Å²) in [6.45, 7) is -1.55. The Morgan fingerprint density at radius 1 is 0.590 bits per heavy atom. The molecule has 0 amide bonds. The molecular formula is C16H20F17N2O3S+. The quantitative estimate of drug-likeness (QED) is 0.156. The van der Waals surface area contributed by atoms with Crippen LogP contribution in [0, 0.1) is 0 Å². The molecule has 0 aliphatic rings. The average Bonchev–Trinajstić information content (AvgIpc) is 2.70. The molecule has 0 saturated heterocycles. The topological polar surface area (TPSA) is 55.4 Å². The number of nitrogens with one attached hydrogen (secondary N) is 1. The first kappa shape index (κ1) is 37.6. The highest BCUT2D eigenvalue weighted by atomic mass is 32.2. The van der Waals surface area contributed by atoms with E-state index in [1.54, 1.807) is 21.1 Å². The summed E-state index contributed by atoms with van der Waals surface area (Å²) in [7, 11) is -2.20. The molecule has 0 aromatic carbocycles. The highest BCUT2D eigenvalue weighted by molar-refractivity contribution is 7.90.